The van der Waals surface area contributed by atoms with Crippen LogP contribution >= 0.6 is 11.8 Å². The minimum atomic E-state index is -0.642. The van der Waals surface area contributed by atoms with Gasteiger partial charge in [-0.15, -0.1) is 11.8 Å². The second kappa shape index (κ2) is 8.76. The standard InChI is InChI=1S/C22H19N3O3S/c1-14-20(15(2)26)21(17-9-6-10-18(11-17)25(27)28)19(12-23)22(24-14)29-13-16-7-4-3-5-8-16/h3-11,21,24H,13H2,1-2H3/t21-/m1/s1. The van der Waals surface area contributed by atoms with Crippen LogP contribution in [0.25, 0.3) is 0 Å². The zero-order valence-electron chi connectivity index (χ0n) is 16.0. The number of nitrogens with one attached hydrogen (secondary N) is 1. The molecule has 7 heteroatoms. The van der Waals surface area contributed by atoms with E-state index in [-0.39, 0.29) is 11.5 Å². The van der Waals surface area contributed by atoms with Crippen LogP contribution in [0.1, 0.15) is 30.9 Å². The van der Waals surface area contributed by atoms with Gasteiger partial charge in [0.2, 0.25) is 0 Å². The Morgan fingerprint density at radius 2 is 1.97 bits per heavy atom. The summed E-state index contributed by atoms with van der Waals surface area (Å²) in [7, 11) is 0. The largest absolute Gasteiger partial charge is 0.353 e. The molecule has 0 fully saturated rings. The maximum absolute atomic E-state index is 12.4. The van der Waals surface area contributed by atoms with Crippen molar-refractivity contribution in [2.45, 2.75) is 25.5 Å². The summed E-state index contributed by atoms with van der Waals surface area (Å²) in [5, 5.41) is 25.0. The Bertz CT molecular complexity index is 1070. The number of nitro groups is 1. The van der Waals surface area contributed by atoms with Gasteiger partial charge in [-0.2, -0.15) is 5.26 Å². The number of hydrogen-bond acceptors (Lipinski definition) is 6. The summed E-state index contributed by atoms with van der Waals surface area (Å²) < 4.78 is 0. The third-order valence-electron chi connectivity index (χ3n) is 4.67. The molecule has 0 unspecified atom stereocenters. The molecule has 0 saturated heterocycles. The summed E-state index contributed by atoms with van der Waals surface area (Å²) in [4.78, 5) is 23.1. The highest BCUT2D eigenvalue weighted by Gasteiger charge is 2.33. The lowest BCUT2D eigenvalue weighted by Crippen LogP contribution is -2.27. The molecule has 1 heterocycles. The minimum absolute atomic E-state index is 0.0719. The third kappa shape index (κ3) is 4.39. The predicted octanol–water partition coefficient (Wildman–Crippen LogP) is 4.81. The van der Waals surface area contributed by atoms with E-state index in [0.29, 0.717) is 33.2 Å². The average molecular weight is 405 g/mol. The Hall–Kier alpha value is -3.37. The van der Waals surface area contributed by atoms with Gasteiger partial charge in [0.15, 0.2) is 5.78 Å². The van der Waals surface area contributed by atoms with E-state index in [9.17, 15) is 20.2 Å². The molecule has 0 bridgehead atoms. The lowest BCUT2D eigenvalue weighted by atomic mass is 9.81. The molecule has 146 valence electrons. The monoisotopic (exact) mass is 405 g/mol. The molecule has 2 aromatic rings. The van der Waals surface area contributed by atoms with Gasteiger partial charge < -0.3 is 5.32 Å². The number of ketones is 1. The van der Waals surface area contributed by atoms with Gasteiger partial charge in [0.25, 0.3) is 5.69 Å². The van der Waals surface area contributed by atoms with E-state index in [1.165, 1.54) is 30.8 Å². The van der Waals surface area contributed by atoms with Crippen LogP contribution in [0, 0.1) is 21.4 Å². The van der Waals surface area contributed by atoms with Crippen LogP contribution < -0.4 is 5.32 Å². The zero-order chi connectivity index (χ0) is 21.0. The molecule has 0 saturated carbocycles. The van der Waals surface area contributed by atoms with Gasteiger partial charge in [0.05, 0.1) is 27.5 Å². The van der Waals surface area contributed by atoms with Crippen LogP contribution in [-0.4, -0.2) is 10.7 Å². The highest BCUT2D eigenvalue weighted by molar-refractivity contribution is 8.02. The average Bonchev–Trinajstić information content (AvgIpc) is 2.72. The van der Waals surface area contributed by atoms with Gasteiger partial charge in [-0.05, 0) is 25.0 Å². The molecule has 0 amide bonds. The lowest BCUT2D eigenvalue weighted by Gasteiger charge is -2.29. The molecule has 0 radical (unpaired) electrons. The van der Waals surface area contributed by atoms with Crippen molar-refractivity contribution in [2.24, 2.45) is 0 Å². The topological polar surface area (TPSA) is 96.0 Å². The van der Waals surface area contributed by atoms with Crippen molar-refractivity contribution in [3.8, 4) is 6.07 Å². The number of nitrogens with zero attached hydrogens (tertiary/aromatic N) is 2. The molecular formula is C22H19N3O3S. The van der Waals surface area contributed by atoms with Gasteiger partial charge >= 0.3 is 0 Å². The van der Waals surface area contributed by atoms with Gasteiger partial charge in [0, 0.05) is 29.2 Å². The normalized spacial score (nSPS) is 16.2. The molecule has 29 heavy (non-hydrogen) atoms. The van der Waals surface area contributed by atoms with E-state index in [2.05, 4.69) is 11.4 Å². The molecule has 1 aliphatic heterocycles. The van der Waals surface area contributed by atoms with E-state index in [1.54, 1.807) is 19.1 Å². The number of hydrogen-bond donors (Lipinski definition) is 1. The molecule has 3 rings (SSSR count). The number of Topliss-reactive ketones (excluding diaryl/α,β-unsaturated/α-hetero) is 1. The van der Waals surface area contributed by atoms with Crippen LogP contribution in [0.3, 0.4) is 0 Å². The van der Waals surface area contributed by atoms with Crippen molar-refractivity contribution in [2.75, 3.05) is 0 Å². The lowest BCUT2D eigenvalue weighted by molar-refractivity contribution is -0.384. The van der Waals surface area contributed by atoms with Gasteiger partial charge in [-0.25, -0.2) is 0 Å². The van der Waals surface area contributed by atoms with E-state index in [0.717, 1.165) is 5.56 Å². The molecule has 1 N–H and O–H groups in total. The molecular weight excluding hydrogens is 386 g/mol. The van der Waals surface area contributed by atoms with E-state index in [4.69, 9.17) is 0 Å². The highest BCUT2D eigenvalue weighted by atomic mass is 32.2. The van der Waals surface area contributed by atoms with Crippen LogP contribution in [0.15, 0.2) is 76.5 Å². The fraction of sp³-hybridized carbons (Fsp3) is 0.182. The molecule has 1 atom stereocenters. The number of non-ortho nitro benzene ring substituents is 1. The fourth-order valence-corrected chi connectivity index (χ4v) is 4.42. The van der Waals surface area contributed by atoms with Crippen molar-refractivity contribution < 1.29 is 9.72 Å². The van der Waals surface area contributed by atoms with Crippen LogP contribution in [-0.2, 0) is 10.5 Å². The maximum Gasteiger partial charge on any atom is 0.269 e. The molecule has 0 aliphatic carbocycles. The van der Waals surface area contributed by atoms with Gasteiger partial charge in [-0.1, -0.05) is 42.5 Å². The van der Waals surface area contributed by atoms with E-state index < -0.39 is 10.8 Å². The summed E-state index contributed by atoms with van der Waals surface area (Å²) in [5.41, 5.74) is 3.09. The van der Waals surface area contributed by atoms with Crippen LogP contribution in [0.4, 0.5) is 5.69 Å². The van der Waals surface area contributed by atoms with Gasteiger partial charge in [0.1, 0.15) is 0 Å². The number of carbonyl (C=O) groups is 1. The summed E-state index contributed by atoms with van der Waals surface area (Å²) in [6, 6.07) is 18.2. The Morgan fingerprint density at radius 1 is 1.24 bits per heavy atom. The van der Waals surface area contributed by atoms with Gasteiger partial charge in [-0.3, -0.25) is 14.9 Å². The molecule has 1 aliphatic rings. The van der Waals surface area contributed by atoms with Crippen molar-refractivity contribution in [1.29, 1.82) is 5.26 Å². The van der Waals surface area contributed by atoms with Crippen molar-refractivity contribution >= 4 is 23.2 Å². The van der Waals surface area contributed by atoms with Crippen molar-refractivity contribution in [1.82, 2.24) is 5.32 Å². The third-order valence-corrected chi connectivity index (χ3v) is 5.76. The zero-order valence-corrected chi connectivity index (χ0v) is 16.8. The van der Waals surface area contributed by atoms with Crippen LogP contribution in [0.5, 0.6) is 0 Å². The number of allylic oxidation sites excluding steroid dienone is 3. The molecule has 6 nitrogen and oxygen atoms in total. The van der Waals surface area contributed by atoms with Crippen LogP contribution in [0.2, 0.25) is 0 Å². The second-order valence-corrected chi connectivity index (χ2v) is 7.62. The number of nitriles is 1. The predicted molar refractivity (Wildman–Crippen MR) is 113 cm³/mol. The summed E-state index contributed by atoms with van der Waals surface area (Å²) in [6.07, 6.45) is 0. The number of dihydropyridines is 1. The summed E-state index contributed by atoms with van der Waals surface area (Å²) >= 11 is 1.48. The number of nitro benzene ring substituents is 1. The summed E-state index contributed by atoms with van der Waals surface area (Å²) in [5.74, 6) is -0.165. The first-order valence-electron chi connectivity index (χ1n) is 8.96. The highest BCUT2D eigenvalue weighted by Crippen LogP contribution is 2.42. The summed E-state index contributed by atoms with van der Waals surface area (Å²) in [6.45, 7) is 3.24. The second-order valence-electron chi connectivity index (χ2n) is 6.63. The van der Waals surface area contributed by atoms with E-state index in [1.807, 2.05) is 30.3 Å². The fourth-order valence-electron chi connectivity index (χ4n) is 3.37. The number of carbonyl (C=O) groups excluding carboxylic acids is 1. The number of rotatable bonds is 6. The first-order chi connectivity index (χ1) is 13.9. The Kier molecular flexibility index (Phi) is 6.15. The molecule has 2 aromatic carbocycles. The first-order valence-corrected chi connectivity index (χ1v) is 9.95. The SMILES string of the molecule is CC(=O)C1=C(C)NC(SCc2ccccc2)=C(C#N)[C@H]1c1cccc([N+](=O)[O-])c1. The first kappa shape index (κ1) is 20.4. The number of benzene rings is 2. The quantitative estimate of drug-likeness (QED) is 0.547. The number of thioether (sulfide) groups is 1. The minimum Gasteiger partial charge on any atom is -0.353 e. The molecule has 0 aromatic heterocycles. The molecule has 0 spiro atoms. The Morgan fingerprint density at radius 3 is 2.59 bits per heavy atom. The Balaban J connectivity index is 2.06. The Labute approximate surface area is 173 Å². The van der Waals surface area contributed by atoms with Crippen molar-refractivity contribution in [3.05, 3.63) is 97.7 Å². The van der Waals surface area contributed by atoms with Crippen molar-refractivity contribution in [3.63, 3.8) is 0 Å². The smallest absolute Gasteiger partial charge is 0.269 e. The maximum atomic E-state index is 12.4. The van der Waals surface area contributed by atoms with E-state index >= 15 is 0 Å².